The van der Waals surface area contributed by atoms with Crippen LogP contribution in [0.4, 0.5) is 5.69 Å². The maximum Gasteiger partial charge on any atom is 0.240 e. The summed E-state index contributed by atoms with van der Waals surface area (Å²) in [7, 11) is -3.86. The van der Waals surface area contributed by atoms with Gasteiger partial charge in [-0.25, -0.2) is 13.6 Å². The Hall–Kier alpha value is -1.44. The van der Waals surface area contributed by atoms with Crippen molar-refractivity contribution in [2.45, 2.75) is 30.2 Å². The highest BCUT2D eigenvalue weighted by Gasteiger charge is 2.30. The van der Waals surface area contributed by atoms with Gasteiger partial charge in [0.05, 0.1) is 5.69 Å². The second-order valence-electron chi connectivity index (χ2n) is 4.79. The molecule has 0 aromatic heterocycles. The summed E-state index contributed by atoms with van der Waals surface area (Å²) in [4.78, 5) is 11.7. The van der Waals surface area contributed by atoms with E-state index >= 15 is 0 Å². The standard InChI is InChI=1S/C12H17N3O3S/c13-9(8-5-6-8)7-12(16)15-10-3-1-2-4-11(10)19(14,17)18/h1-4,8-9H,5-7,13H2,(H,15,16)(H2,14,17,18). The van der Waals surface area contributed by atoms with Gasteiger partial charge in [-0.3, -0.25) is 4.79 Å². The minimum absolute atomic E-state index is 0.0941. The number of sulfonamides is 1. The molecule has 7 heteroatoms. The fourth-order valence-electron chi connectivity index (χ4n) is 1.92. The van der Waals surface area contributed by atoms with Crippen molar-refractivity contribution in [1.82, 2.24) is 0 Å². The van der Waals surface area contributed by atoms with E-state index in [0.717, 1.165) is 12.8 Å². The monoisotopic (exact) mass is 283 g/mol. The first-order valence-corrected chi connectivity index (χ1v) is 7.60. The molecule has 5 N–H and O–H groups in total. The molecule has 1 fully saturated rings. The van der Waals surface area contributed by atoms with Crippen molar-refractivity contribution < 1.29 is 13.2 Å². The second kappa shape index (κ2) is 5.28. The molecule has 19 heavy (non-hydrogen) atoms. The van der Waals surface area contributed by atoms with E-state index in [1.165, 1.54) is 12.1 Å². The van der Waals surface area contributed by atoms with Gasteiger partial charge in [-0.15, -0.1) is 0 Å². The van der Waals surface area contributed by atoms with Crippen molar-refractivity contribution >= 4 is 21.6 Å². The Morgan fingerprint density at radius 3 is 2.58 bits per heavy atom. The van der Waals surface area contributed by atoms with Crippen molar-refractivity contribution in [3.8, 4) is 0 Å². The van der Waals surface area contributed by atoms with Crippen LogP contribution < -0.4 is 16.2 Å². The third-order valence-electron chi connectivity index (χ3n) is 3.12. The molecule has 0 aliphatic heterocycles. The number of amides is 1. The SMILES string of the molecule is NC(CC(=O)Nc1ccccc1S(N)(=O)=O)C1CC1. The highest BCUT2D eigenvalue weighted by molar-refractivity contribution is 7.89. The Morgan fingerprint density at radius 2 is 2.00 bits per heavy atom. The van der Waals surface area contributed by atoms with Gasteiger partial charge in [0.2, 0.25) is 15.9 Å². The second-order valence-corrected chi connectivity index (χ2v) is 6.32. The van der Waals surface area contributed by atoms with E-state index < -0.39 is 10.0 Å². The fourth-order valence-corrected chi connectivity index (χ4v) is 2.62. The highest BCUT2D eigenvalue weighted by atomic mass is 32.2. The van der Waals surface area contributed by atoms with Crippen molar-refractivity contribution in [3.63, 3.8) is 0 Å². The molecule has 1 aromatic rings. The smallest absolute Gasteiger partial charge is 0.240 e. The number of hydrogen-bond donors (Lipinski definition) is 3. The normalized spacial score (nSPS) is 16.9. The molecule has 1 unspecified atom stereocenters. The van der Waals surface area contributed by atoms with Crippen LogP contribution in [-0.4, -0.2) is 20.4 Å². The summed E-state index contributed by atoms with van der Waals surface area (Å²) in [6, 6.07) is 5.87. The first-order chi connectivity index (χ1) is 8.88. The molecule has 0 saturated heterocycles. The molecule has 0 heterocycles. The van der Waals surface area contributed by atoms with E-state index in [1.807, 2.05) is 0 Å². The van der Waals surface area contributed by atoms with Gasteiger partial charge < -0.3 is 11.1 Å². The van der Waals surface area contributed by atoms with Gasteiger partial charge in [0, 0.05) is 12.5 Å². The first-order valence-electron chi connectivity index (χ1n) is 6.05. The van der Waals surface area contributed by atoms with Crippen LogP contribution in [0, 0.1) is 5.92 Å². The number of primary sulfonamides is 1. The van der Waals surface area contributed by atoms with Crippen molar-refractivity contribution in [2.24, 2.45) is 16.8 Å². The molecule has 104 valence electrons. The van der Waals surface area contributed by atoms with Gasteiger partial charge in [0.15, 0.2) is 0 Å². The van der Waals surface area contributed by atoms with Gasteiger partial charge >= 0.3 is 0 Å². The lowest BCUT2D eigenvalue weighted by atomic mass is 10.1. The summed E-state index contributed by atoms with van der Waals surface area (Å²) in [5, 5.41) is 7.64. The molecule has 1 amide bonds. The zero-order valence-electron chi connectivity index (χ0n) is 10.4. The number of benzene rings is 1. The molecule has 1 saturated carbocycles. The Morgan fingerprint density at radius 1 is 1.37 bits per heavy atom. The average molecular weight is 283 g/mol. The number of rotatable bonds is 5. The number of anilines is 1. The number of para-hydroxylation sites is 1. The fraction of sp³-hybridized carbons (Fsp3) is 0.417. The van der Waals surface area contributed by atoms with Gasteiger partial charge in [-0.1, -0.05) is 12.1 Å². The number of carbonyl (C=O) groups is 1. The Balaban J connectivity index is 2.08. The Bertz CT molecular complexity index is 582. The molecule has 1 aliphatic rings. The van der Waals surface area contributed by atoms with Crippen LogP contribution >= 0.6 is 0 Å². The van der Waals surface area contributed by atoms with E-state index in [-0.39, 0.29) is 29.0 Å². The summed E-state index contributed by atoms with van der Waals surface area (Å²) in [5.41, 5.74) is 6.05. The molecular weight excluding hydrogens is 266 g/mol. The maximum absolute atomic E-state index is 11.8. The van der Waals surface area contributed by atoms with Crippen LogP contribution in [-0.2, 0) is 14.8 Å². The largest absolute Gasteiger partial charge is 0.327 e. The third-order valence-corrected chi connectivity index (χ3v) is 4.09. The summed E-state index contributed by atoms with van der Waals surface area (Å²) in [6.45, 7) is 0. The quantitative estimate of drug-likeness (QED) is 0.725. The molecular formula is C12H17N3O3S. The summed E-state index contributed by atoms with van der Waals surface area (Å²) in [5.74, 6) is 0.120. The zero-order chi connectivity index (χ0) is 14.0. The number of nitrogens with two attached hydrogens (primary N) is 2. The summed E-state index contributed by atoms with van der Waals surface area (Å²) < 4.78 is 22.8. The van der Waals surface area contributed by atoms with Crippen LogP contribution in [0.25, 0.3) is 0 Å². The molecule has 2 rings (SSSR count). The van der Waals surface area contributed by atoms with Crippen LogP contribution in [0.2, 0.25) is 0 Å². The number of nitrogens with one attached hydrogen (secondary N) is 1. The highest BCUT2D eigenvalue weighted by Crippen LogP contribution is 2.33. The molecule has 1 aliphatic carbocycles. The summed E-state index contributed by atoms with van der Waals surface area (Å²) in [6.07, 6.45) is 2.30. The number of carbonyl (C=O) groups excluding carboxylic acids is 1. The molecule has 1 aromatic carbocycles. The Labute approximate surface area is 112 Å². The van der Waals surface area contributed by atoms with E-state index in [4.69, 9.17) is 10.9 Å². The number of hydrogen-bond acceptors (Lipinski definition) is 4. The zero-order valence-corrected chi connectivity index (χ0v) is 11.2. The first kappa shape index (κ1) is 14.0. The van der Waals surface area contributed by atoms with Crippen molar-refractivity contribution in [2.75, 3.05) is 5.32 Å². The van der Waals surface area contributed by atoms with E-state index in [2.05, 4.69) is 5.32 Å². The topological polar surface area (TPSA) is 115 Å². The van der Waals surface area contributed by atoms with E-state index in [0.29, 0.717) is 5.92 Å². The van der Waals surface area contributed by atoms with Gasteiger partial charge in [-0.05, 0) is 30.9 Å². The van der Waals surface area contributed by atoms with Crippen LogP contribution in [0.5, 0.6) is 0 Å². The van der Waals surface area contributed by atoms with E-state index in [1.54, 1.807) is 12.1 Å². The van der Waals surface area contributed by atoms with Gasteiger partial charge in [0.1, 0.15) is 4.90 Å². The predicted octanol–water partition coefficient (Wildman–Crippen LogP) is 0.400. The average Bonchev–Trinajstić information content (AvgIpc) is 3.11. The van der Waals surface area contributed by atoms with Crippen LogP contribution in [0.3, 0.4) is 0 Å². The maximum atomic E-state index is 11.8. The summed E-state index contributed by atoms with van der Waals surface area (Å²) >= 11 is 0. The lowest BCUT2D eigenvalue weighted by Gasteiger charge is -2.12. The molecule has 1 atom stereocenters. The Kier molecular flexibility index (Phi) is 3.88. The lowest BCUT2D eigenvalue weighted by molar-refractivity contribution is -0.116. The van der Waals surface area contributed by atoms with Crippen LogP contribution in [0.1, 0.15) is 19.3 Å². The molecule has 0 spiro atoms. The lowest BCUT2D eigenvalue weighted by Crippen LogP contribution is -2.29. The van der Waals surface area contributed by atoms with Gasteiger partial charge in [0.25, 0.3) is 0 Å². The van der Waals surface area contributed by atoms with E-state index in [9.17, 15) is 13.2 Å². The van der Waals surface area contributed by atoms with Crippen LogP contribution in [0.15, 0.2) is 29.2 Å². The van der Waals surface area contributed by atoms with Crippen molar-refractivity contribution in [3.05, 3.63) is 24.3 Å². The minimum atomic E-state index is -3.86. The molecule has 0 radical (unpaired) electrons. The third kappa shape index (κ3) is 3.76. The predicted molar refractivity (Wildman–Crippen MR) is 71.8 cm³/mol. The molecule has 0 bridgehead atoms. The minimum Gasteiger partial charge on any atom is -0.327 e. The molecule has 6 nitrogen and oxygen atoms in total. The van der Waals surface area contributed by atoms with Crippen molar-refractivity contribution in [1.29, 1.82) is 0 Å². The van der Waals surface area contributed by atoms with Gasteiger partial charge in [-0.2, -0.15) is 0 Å².